The molecule has 4 rings (SSSR count). The standard InChI is InChI=1S/C17H24ClN3/c18-15-3-1-8-19-16(15)21-10-7-17(13-21)6-2-9-20(12-17)11-14-4-5-14/h1,3,8,14H,2,4-7,9-13H2. The molecule has 1 unspecified atom stereocenters. The highest BCUT2D eigenvalue weighted by Gasteiger charge is 2.42. The SMILES string of the molecule is Clc1cccnc1N1CCC2(CCCN(CC3CC3)C2)C1. The van der Waals surface area contributed by atoms with Crippen molar-refractivity contribution in [3.8, 4) is 0 Å². The van der Waals surface area contributed by atoms with Crippen LogP contribution in [-0.4, -0.2) is 42.6 Å². The Morgan fingerprint density at radius 3 is 2.95 bits per heavy atom. The first-order valence-corrected chi connectivity index (χ1v) is 8.70. The molecule has 21 heavy (non-hydrogen) atoms. The van der Waals surface area contributed by atoms with Crippen LogP contribution in [0.2, 0.25) is 5.02 Å². The smallest absolute Gasteiger partial charge is 0.147 e. The van der Waals surface area contributed by atoms with E-state index in [9.17, 15) is 0 Å². The molecule has 1 saturated carbocycles. The van der Waals surface area contributed by atoms with Gasteiger partial charge in [0.1, 0.15) is 5.82 Å². The van der Waals surface area contributed by atoms with Crippen molar-refractivity contribution in [1.82, 2.24) is 9.88 Å². The lowest BCUT2D eigenvalue weighted by Crippen LogP contribution is -2.45. The molecule has 2 saturated heterocycles. The van der Waals surface area contributed by atoms with Gasteiger partial charge < -0.3 is 9.80 Å². The fraction of sp³-hybridized carbons (Fsp3) is 0.706. The lowest BCUT2D eigenvalue weighted by molar-refractivity contribution is 0.101. The Morgan fingerprint density at radius 2 is 2.14 bits per heavy atom. The summed E-state index contributed by atoms with van der Waals surface area (Å²) in [5.74, 6) is 1.98. The highest BCUT2D eigenvalue weighted by Crippen LogP contribution is 2.42. The zero-order chi connectivity index (χ0) is 14.3. The first kappa shape index (κ1) is 13.8. The van der Waals surface area contributed by atoms with E-state index in [1.165, 1.54) is 51.7 Å². The molecular formula is C17H24ClN3. The van der Waals surface area contributed by atoms with Crippen molar-refractivity contribution >= 4 is 17.4 Å². The summed E-state index contributed by atoms with van der Waals surface area (Å²) in [7, 11) is 0. The van der Waals surface area contributed by atoms with Crippen molar-refractivity contribution < 1.29 is 0 Å². The molecule has 0 aromatic carbocycles. The van der Waals surface area contributed by atoms with E-state index in [1.807, 2.05) is 18.3 Å². The third kappa shape index (κ3) is 2.91. The van der Waals surface area contributed by atoms with Crippen LogP contribution in [0.25, 0.3) is 0 Å². The molecular weight excluding hydrogens is 282 g/mol. The third-order valence-electron chi connectivity index (χ3n) is 5.43. The van der Waals surface area contributed by atoms with Crippen molar-refractivity contribution in [2.75, 3.05) is 37.6 Å². The van der Waals surface area contributed by atoms with Crippen LogP contribution in [0, 0.1) is 11.3 Å². The molecule has 0 amide bonds. The number of pyridine rings is 1. The number of hydrogen-bond acceptors (Lipinski definition) is 3. The maximum Gasteiger partial charge on any atom is 0.147 e. The number of rotatable bonds is 3. The fourth-order valence-corrected chi connectivity index (χ4v) is 4.43. The van der Waals surface area contributed by atoms with Gasteiger partial charge in [-0.15, -0.1) is 0 Å². The second-order valence-corrected chi connectivity index (χ2v) is 7.67. The molecule has 0 bridgehead atoms. The Morgan fingerprint density at radius 1 is 1.24 bits per heavy atom. The van der Waals surface area contributed by atoms with E-state index in [-0.39, 0.29) is 0 Å². The minimum absolute atomic E-state index is 0.480. The zero-order valence-corrected chi connectivity index (χ0v) is 13.4. The highest BCUT2D eigenvalue weighted by molar-refractivity contribution is 6.32. The van der Waals surface area contributed by atoms with Crippen molar-refractivity contribution in [3.63, 3.8) is 0 Å². The van der Waals surface area contributed by atoms with Crippen molar-refractivity contribution in [3.05, 3.63) is 23.4 Å². The van der Waals surface area contributed by atoms with Crippen LogP contribution in [0.5, 0.6) is 0 Å². The van der Waals surface area contributed by atoms with Crippen LogP contribution in [0.3, 0.4) is 0 Å². The van der Waals surface area contributed by atoms with Gasteiger partial charge in [0.15, 0.2) is 0 Å². The number of nitrogens with zero attached hydrogens (tertiary/aromatic N) is 3. The van der Waals surface area contributed by atoms with E-state index in [4.69, 9.17) is 11.6 Å². The molecule has 2 aliphatic heterocycles. The summed E-state index contributed by atoms with van der Waals surface area (Å²) in [6, 6.07) is 3.87. The van der Waals surface area contributed by atoms with E-state index in [0.717, 1.165) is 29.8 Å². The first-order chi connectivity index (χ1) is 10.2. The largest absolute Gasteiger partial charge is 0.355 e. The minimum Gasteiger partial charge on any atom is -0.355 e. The van der Waals surface area contributed by atoms with Gasteiger partial charge in [0.2, 0.25) is 0 Å². The van der Waals surface area contributed by atoms with Gasteiger partial charge in [0.25, 0.3) is 0 Å². The molecule has 0 N–H and O–H groups in total. The van der Waals surface area contributed by atoms with Crippen LogP contribution in [-0.2, 0) is 0 Å². The fourth-order valence-electron chi connectivity index (χ4n) is 4.19. The minimum atomic E-state index is 0.480. The number of likely N-dealkylation sites (tertiary alicyclic amines) is 1. The van der Waals surface area contributed by atoms with E-state index in [0.29, 0.717) is 5.41 Å². The van der Waals surface area contributed by atoms with Crippen LogP contribution in [0.15, 0.2) is 18.3 Å². The maximum absolute atomic E-state index is 6.32. The predicted octanol–water partition coefficient (Wildman–Crippen LogP) is 3.44. The number of piperidine rings is 1. The van der Waals surface area contributed by atoms with Gasteiger partial charge in [-0.1, -0.05) is 11.6 Å². The predicted molar refractivity (Wildman–Crippen MR) is 86.9 cm³/mol. The molecule has 3 aliphatic rings. The molecule has 3 fully saturated rings. The van der Waals surface area contributed by atoms with Crippen LogP contribution in [0.4, 0.5) is 5.82 Å². The summed E-state index contributed by atoms with van der Waals surface area (Å²) in [5.41, 5.74) is 0.480. The average molecular weight is 306 g/mol. The Balaban J connectivity index is 1.45. The Labute approximate surface area is 132 Å². The summed E-state index contributed by atoms with van der Waals surface area (Å²) < 4.78 is 0. The average Bonchev–Trinajstić information content (AvgIpc) is 3.21. The molecule has 1 aliphatic carbocycles. The third-order valence-corrected chi connectivity index (χ3v) is 5.73. The van der Waals surface area contributed by atoms with Gasteiger partial charge in [-0.2, -0.15) is 0 Å². The molecule has 4 heteroatoms. The zero-order valence-electron chi connectivity index (χ0n) is 12.6. The molecule has 1 aromatic heterocycles. The van der Waals surface area contributed by atoms with E-state index in [2.05, 4.69) is 14.8 Å². The van der Waals surface area contributed by atoms with Crippen molar-refractivity contribution in [2.45, 2.75) is 32.1 Å². The Kier molecular flexibility index (Phi) is 3.58. The monoisotopic (exact) mass is 305 g/mol. The lowest BCUT2D eigenvalue weighted by Gasteiger charge is -2.40. The Hall–Kier alpha value is -0.800. The molecule has 1 aromatic rings. The van der Waals surface area contributed by atoms with Crippen LogP contribution < -0.4 is 4.90 Å². The first-order valence-electron chi connectivity index (χ1n) is 8.32. The number of anilines is 1. The second-order valence-electron chi connectivity index (χ2n) is 7.26. The van der Waals surface area contributed by atoms with Crippen molar-refractivity contribution in [1.29, 1.82) is 0 Å². The van der Waals surface area contributed by atoms with Gasteiger partial charge >= 0.3 is 0 Å². The summed E-state index contributed by atoms with van der Waals surface area (Å²) in [6.07, 6.45) is 8.79. The normalized spacial score (nSPS) is 30.2. The molecule has 0 radical (unpaired) electrons. The number of halogens is 1. The highest BCUT2D eigenvalue weighted by atomic mass is 35.5. The molecule has 114 valence electrons. The van der Waals surface area contributed by atoms with E-state index < -0.39 is 0 Å². The lowest BCUT2D eigenvalue weighted by atomic mass is 9.79. The summed E-state index contributed by atoms with van der Waals surface area (Å²) in [5, 5.41) is 0.792. The summed E-state index contributed by atoms with van der Waals surface area (Å²) in [4.78, 5) is 9.63. The van der Waals surface area contributed by atoms with Gasteiger partial charge in [0.05, 0.1) is 5.02 Å². The van der Waals surface area contributed by atoms with Gasteiger partial charge in [-0.05, 0) is 56.7 Å². The number of hydrogen-bond donors (Lipinski definition) is 0. The van der Waals surface area contributed by atoms with E-state index in [1.54, 1.807) is 0 Å². The van der Waals surface area contributed by atoms with E-state index >= 15 is 0 Å². The quantitative estimate of drug-likeness (QED) is 0.853. The molecule has 1 spiro atoms. The molecule has 1 atom stereocenters. The maximum atomic E-state index is 6.32. The topological polar surface area (TPSA) is 19.4 Å². The summed E-state index contributed by atoms with van der Waals surface area (Å²) in [6.45, 7) is 6.16. The van der Waals surface area contributed by atoms with Crippen LogP contribution >= 0.6 is 11.6 Å². The van der Waals surface area contributed by atoms with Gasteiger partial charge in [-0.25, -0.2) is 4.98 Å². The molecule has 3 heterocycles. The second kappa shape index (κ2) is 5.44. The summed E-state index contributed by atoms with van der Waals surface area (Å²) >= 11 is 6.32. The Bertz CT molecular complexity index is 517. The number of aromatic nitrogens is 1. The van der Waals surface area contributed by atoms with Crippen LogP contribution in [0.1, 0.15) is 32.1 Å². The van der Waals surface area contributed by atoms with Gasteiger partial charge in [0, 0.05) is 37.8 Å². The molecule has 3 nitrogen and oxygen atoms in total. The van der Waals surface area contributed by atoms with Gasteiger partial charge in [-0.3, -0.25) is 0 Å². The van der Waals surface area contributed by atoms with Crippen molar-refractivity contribution in [2.24, 2.45) is 11.3 Å².